The zero-order chi connectivity index (χ0) is 15.4. The summed E-state index contributed by atoms with van der Waals surface area (Å²) in [7, 11) is 0. The van der Waals surface area contributed by atoms with Gasteiger partial charge in [-0.1, -0.05) is 30.1 Å². The van der Waals surface area contributed by atoms with Crippen molar-refractivity contribution >= 4 is 34.8 Å². The van der Waals surface area contributed by atoms with Crippen LogP contribution in [-0.2, 0) is 4.79 Å². The van der Waals surface area contributed by atoms with E-state index in [4.69, 9.17) is 28.9 Å². The van der Waals surface area contributed by atoms with E-state index in [9.17, 15) is 4.79 Å². The number of nitrogens with one attached hydrogen (secondary N) is 1. The van der Waals surface area contributed by atoms with Gasteiger partial charge in [0.1, 0.15) is 0 Å². The van der Waals surface area contributed by atoms with Crippen LogP contribution in [0.15, 0.2) is 18.2 Å². The lowest BCUT2D eigenvalue weighted by Crippen LogP contribution is -2.45. The van der Waals surface area contributed by atoms with Gasteiger partial charge < -0.3 is 11.1 Å². The van der Waals surface area contributed by atoms with Gasteiger partial charge in [-0.25, -0.2) is 0 Å². The number of carbonyl (C=O) groups excluding carboxylic acids is 1. The van der Waals surface area contributed by atoms with E-state index in [1.54, 1.807) is 18.2 Å². The summed E-state index contributed by atoms with van der Waals surface area (Å²) >= 11 is 12.0. The summed E-state index contributed by atoms with van der Waals surface area (Å²) in [5, 5.41) is 3.85. The highest BCUT2D eigenvalue weighted by atomic mass is 35.5. The molecule has 1 aliphatic heterocycles. The zero-order valence-electron chi connectivity index (χ0n) is 12.1. The lowest BCUT2D eigenvalue weighted by Gasteiger charge is -2.36. The second-order valence-corrected chi connectivity index (χ2v) is 6.51. The smallest absolute Gasteiger partial charge is 0.238 e. The van der Waals surface area contributed by atoms with Gasteiger partial charge in [0.2, 0.25) is 5.91 Å². The van der Waals surface area contributed by atoms with E-state index in [0.29, 0.717) is 40.7 Å². The number of likely N-dealkylation sites (tertiary alicyclic amines) is 1. The van der Waals surface area contributed by atoms with E-state index in [2.05, 4.69) is 17.1 Å². The maximum atomic E-state index is 12.1. The Kier molecular flexibility index (Phi) is 5.88. The molecule has 0 saturated carbocycles. The molecule has 4 nitrogen and oxygen atoms in total. The Morgan fingerprint density at radius 3 is 2.95 bits per heavy atom. The molecule has 0 radical (unpaired) electrons. The Morgan fingerprint density at radius 2 is 2.24 bits per heavy atom. The minimum Gasteiger partial charge on any atom is -0.330 e. The second-order valence-electron chi connectivity index (χ2n) is 5.67. The van der Waals surface area contributed by atoms with Crippen LogP contribution in [0.25, 0.3) is 0 Å². The van der Waals surface area contributed by atoms with E-state index >= 15 is 0 Å². The van der Waals surface area contributed by atoms with Crippen LogP contribution in [0.2, 0.25) is 10.0 Å². The van der Waals surface area contributed by atoms with E-state index in [1.165, 1.54) is 0 Å². The van der Waals surface area contributed by atoms with Crippen molar-refractivity contribution in [2.45, 2.75) is 13.3 Å². The predicted molar refractivity (Wildman–Crippen MR) is 87.9 cm³/mol. The normalized spacial score (nSPS) is 23.0. The summed E-state index contributed by atoms with van der Waals surface area (Å²) in [4.78, 5) is 14.3. The number of hydrogen-bond donors (Lipinski definition) is 2. The molecule has 1 aliphatic rings. The van der Waals surface area contributed by atoms with Crippen LogP contribution >= 0.6 is 23.2 Å². The Hall–Kier alpha value is -0.810. The number of nitrogens with two attached hydrogens (primary N) is 1. The number of nitrogens with zero attached hydrogens (tertiary/aromatic N) is 1. The molecule has 0 spiro atoms. The van der Waals surface area contributed by atoms with Gasteiger partial charge in [0.05, 0.1) is 17.3 Å². The molecule has 3 N–H and O–H groups in total. The average Bonchev–Trinajstić information content (AvgIpc) is 2.45. The van der Waals surface area contributed by atoms with Gasteiger partial charge in [-0.15, -0.1) is 0 Å². The Labute approximate surface area is 135 Å². The quantitative estimate of drug-likeness (QED) is 0.892. The maximum absolute atomic E-state index is 12.1. The van der Waals surface area contributed by atoms with Crippen LogP contribution in [-0.4, -0.2) is 37.0 Å². The molecule has 1 saturated heterocycles. The lowest BCUT2D eigenvalue weighted by molar-refractivity contribution is -0.117. The van der Waals surface area contributed by atoms with Crippen molar-refractivity contribution in [2.24, 2.45) is 17.6 Å². The molecule has 2 rings (SSSR count). The Balaban J connectivity index is 1.91. The van der Waals surface area contributed by atoms with Gasteiger partial charge in [-0.05, 0) is 49.5 Å². The summed E-state index contributed by atoms with van der Waals surface area (Å²) in [5.74, 6) is 1.00. The monoisotopic (exact) mass is 329 g/mol. The van der Waals surface area contributed by atoms with Crippen molar-refractivity contribution < 1.29 is 4.79 Å². The largest absolute Gasteiger partial charge is 0.330 e. The summed E-state index contributed by atoms with van der Waals surface area (Å²) in [6, 6.07) is 5.02. The first-order valence-corrected chi connectivity index (χ1v) is 7.92. The molecule has 0 bridgehead atoms. The Morgan fingerprint density at radius 1 is 1.48 bits per heavy atom. The van der Waals surface area contributed by atoms with Gasteiger partial charge in [-0.2, -0.15) is 0 Å². The molecule has 6 heteroatoms. The topological polar surface area (TPSA) is 58.4 Å². The highest BCUT2D eigenvalue weighted by molar-refractivity contribution is 6.35. The van der Waals surface area contributed by atoms with E-state index < -0.39 is 0 Å². The third kappa shape index (κ3) is 4.58. The molecular formula is C15H21Cl2N3O. The molecule has 1 heterocycles. The fraction of sp³-hybridized carbons (Fsp3) is 0.533. The molecule has 1 fully saturated rings. The van der Waals surface area contributed by atoms with Crippen LogP contribution in [0.1, 0.15) is 13.3 Å². The van der Waals surface area contributed by atoms with Crippen molar-refractivity contribution in [3.8, 4) is 0 Å². The van der Waals surface area contributed by atoms with Crippen LogP contribution in [0.4, 0.5) is 5.69 Å². The van der Waals surface area contributed by atoms with Crippen molar-refractivity contribution in [2.75, 3.05) is 31.5 Å². The number of rotatable bonds is 4. The zero-order valence-corrected chi connectivity index (χ0v) is 13.6. The number of carbonyl (C=O) groups is 1. The standard InChI is InChI=1S/C15H21Cl2N3O/c1-10-4-5-20(8-11(10)7-18)9-15(21)19-14-6-12(16)2-3-13(14)17/h2-3,6,10-11H,4-5,7-9,18H2,1H3,(H,19,21). The summed E-state index contributed by atoms with van der Waals surface area (Å²) in [6.45, 7) is 5.04. The lowest BCUT2D eigenvalue weighted by atomic mass is 9.87. The molecule has 21 heavy (non-hydrogen) atoms. The number of piperidine rings is 1. The molecule has 0 aliphatic carbocycles. The van der Waals surface area contributed by atoms with E-state index in [-0.39, 0.29) is 5.91 Å². The number of halogens is 2. The highest BCUT2D eigenvalue weighted by Crippen LogP contribution is 2.26. The number of anilines is 1. The minimum absolute atomic E-state index is 0.0792. The fourth-order valence-corrected chi connectivity index (χ4v) is 3.00. The van der Waals surface area contributed by atoms with E-state index in [0.717, 1.165) is 19.5 Å². The van der Waals surface area contributed by atoms with Gasteiger partial charge in [0.25, 0.3) is 0 Å². The molecule has 1 aromatic carbocycles. The van der Waals surface area contributed by atoms with Crippen LogP contribution < -0.4 is 11.1 Å². The summed E-state index contributed by atoms with van der Waals surface area (Å²) in [5.41, 5.74) is 6.34. The number of hydrogen-bond acceptors (Lipinski definition) is 3. The SMILES string of the molecule is CC1CCN(CC(=O)Nc2cc(Cl)ccc2Cl)CC1CN. The van der Waals surface area contributed by atoms with Crippen LogP contribution in [0, 0.1) is 11.8 Å². The molecule has 2 unspecified atom stereocenters. The molecule has 1 aromatic rings. The molecule has 2 atom stereocenters. The minimum atomic E-state index is -0.0792. The molecule has 1 amide bonds. The van der Waals surface area contributed by atoms with Crippen molar-refractivity contribution in [1.29, 1.82) is 0 Å². The fourth-order valence-electron chi connectivity index (χ4n) is 2.66. The highest BCUT2D eigenvalue weighted by Gasteiger charge is 2.26. The van der Waals surface area contributed by atoms with E-state index in [1.807, 2.05) is 0 Å². The first-order valence-electron chi connectivity index (χ1n) is 7.17. The first kappa shape index (κ1) is 16.6. The number of amides is 1. The van der Waals surface area contributed by atoms with Crippen molar-refractivity contribution in [1.82, 2.24) is 4.90 Å². The Bertz CT molecular complexity index is 510. The molecular weight excluding hydrogens is 309 g/mol. The summed E-state index contributed by atoms with van der Waals surface area (Å²) in [6.07, 6.45) is 1.08. The maximum Gasteiger partial charge on any atom is 0.238 e. The average molecular weight is 330 g/mol. The predicted octanol–water partition coefficient (Wildman–Crippen LogP) is 2.85. The van der Waals surface area contributed by atoms with Gasteiger partial charge in [-0.3, -0.25) is 9.69 Å². The molecule has 0 aromatic heterocycles. The van der Waals surface area contributed by atoms with Crippen molar-refractivity contribution in [3.05, 3.63) is 28.2 Å². The van der Waals surface area contributed by atoms with Crippen molar-refractivity contribution in [3.63, 3.8) is 0 Å². The first-order chi connectivity index (χ1) is 9.99. The van der Waals surface area contributed by atoms with Crippen LogP contribution in [0.5, 0.6) is 0 Å². The van der Waals surface area contributed by atoms with Gasteiger partial charge in [0, 0.05) is 11.6 Å². The van der Waals surface area contributed by atoms with Gasteiger partial charge >= 0.3 is 0 Å². The summed E-state index contributed by atoms with van der Waals surface area (Å²) < 4.78 is 0. The number of benzene rings is 1. The third-order valence-corrected chi connectivity index (χ3v) is 4.64. The van der Waals surface area contributed by atoms with Crippen LogP contribution in [0.3, 0.4) is 0 Å². The molecule has 116 valence electrons. The van der Waals surface area contributed by atoms with Gasteiger partial charge in [0.15, 0.2) is 0 Å². The second kappa shape index (κ2) is 7.45. The third-order valence-electron chi connectivity index (χ3n) is 4.07.